The second-order valence-electron chi connectivity index (χ2n) is 5.87. The van der Waals surface area contributed by atoms with Crippen LogP contribution in [0.25, 0.3) is 0 Å². The van der Waals surface area contributed by atoms with Gasteiger partial charge in [0, 0.05) is 6.20 Å². The lowest BCUT2D eigenvalue weighted by molar-refractivity contribution is -0.386. The van der Waals surface area contributed by atoms with Gasteiger partial charge in [0.25, 0.3) is 0 Å². The minimum atomic E-state index is -4.29. The van der Waals surface area contributed by atoms with Gasteiger partial charge in [-0.2, -0.15) is 8.42 Å². The zero-order chi connectivity index (χ0) is 24.1. The Morgan fingerprint density at radius 1 is 1.00 bits per heavy atom. The van der Waals surface area contributed by atoms with Crippen molar-refractivity contribution < 1.29 is 31.2 Å². The van der Waals surface area contributed by atoms with Gasteiger partial charge in [0.2, 0.25) is 0 Å². The van der Waals surface area contributed by atoms with E-state index in [2.05, 4.69) is 9.17 Å². The van der Waals surface area contributed by atoms with Crippen LogP contribution in [0, 0.1) is 38.8 Å². The van der Waals surface area contributed by atoms with Gasteiger partial charge in [-0.1, -0.05) is 25.1 Å². The van der Waals surface area contributed by atoms with Crippen LogP contribution in [0.1, 0.15) is 13.0 Å². The van der Waals surface area contributed by atoms with E-state index < -0.39 is 54.4 Å². The number of aryl methyl sites for hydroxylation is 1. The first-order valence-corrected chi connectivity index (χ1v) is 9.65. The van der Waals surface area contributed by atoms with Crippen molar-refractivity contribution >= 4 is 21.5 Å². The van der Waals surface area contributed by atoms with Crippen LogP contribution in [0.3, 0.4) is 0 Å². The molecule has 0 amide bonds. The maximum Gasteiger partial charge on any atom is 0.340 e. The molecular weight excluding hydrogens is 470 g/mol. The second-order valence-corrected chi connectivity index (χ2v) is 7.42. The van der Waals surface area contributed by atoms with Gasteiger partial charge in [0.05, 0.1) is 28.2 Å². The number of aromatic amines is 1. The van der Waals surface area contributed by atoms with Crippen molar-refractivity contribution in [1.82, 2.24) is 9.97 Å². The molecule has 15 heteroatoms. The highest BCUT2D eigenvalue weighted by Gasteiger charge is 2.25. The Kier molecular flexibility index (Phi) is 8.80. The van der Waals surface area contributed by atoms with Gasteiger partial charge in [-0.25, -0.2) is 13.8 Å². The minimum absolute atomic E-state index is 0. The quantitative estimate of drug-likeness (QED) is 0.322. The average molecular weight is 486 g/mol. The average Bonchev–Trinajstić information content (AvgIpc) is 2.71. The minimum Gasteiger partial charge on any atom is -0.351 e. The summed E-state index contributed by atoms with van der Waals surface area (Å²) in [6.45, 7) is 1.77. The Bertz CT molecular complexity index is 1330. The number of aromatic nitrogens is 2. The molecule has 1 aromatic carbocycles. The number of rotatable bonds is 5. The van der Waals surface area contributed by atoms with E-state index in [4.69, 9.17) is 0 Å². The summed E-state index contributed by atoms with van der Waals surface area (Å²) in [4.78, 5) is 34.4. The van der Waals surface area contributed by atoms with Gasteiger partial charge in [0.15, 0.2) is 0 Å². The molecular formula is C18H16F2N4O8S. The molecule has 0 aliphatic heterocycles. The third-order valence-corrected chi connectivity index (χ3v) is 4.77. The fraction of sp³-hybridized carbons (Fsp3) is 0.111. The van der Waals surface area contributed by atoms with E-state index in [9.17, 15) is 42.2 Å². The molecule has 0 saturated carbocycles. The van der Waals surface area contributed by atoms with Crippen LogP contribution in [-0.2, 0) is 10.1 Å². The van der Waals surface area contributed by atoms with Crippen molar-refractivity contribution in [2.75, 3.05) is 0 Å². The molecule has 0 saturated heterocycles. The van der Waals surface area contributed by atoms with E-state index in [0.29, 0.717) is 18.3 Å². The van der Waals surface area contributed by atoms with E-state index in [0.717, 1.165) is 11.8 Å². The summed E-state index contributed by atoms with van der Waals surface area (Å²) in [5, 5.41) is 20.8. The lowest BCUT2D eigenvalue weighted by atomic mass is 10.2. The van der Waals surface area contributed by atoms with Crippen molar-refractivity contribution in [3.05, 3.63) is 96.6 Å². The van der Waals surface area contributed by atoms with Crippen molar-refractivity contribution in [2.24, 2.45) is 0 Å². The fourth-order valence-corrected chi connectivity index (χ4v) is 2.95. The number of benzene rings is 1. The molecule has 3 rings (SSSR count). The Morgan fingerprint density at radius 2 is 1.55 bits per heavy atom. The van der Waals surface area contributed by atoms with Crippen molar-refractivity contribution in [3.63, 3.8) is 0 Å². The third-order valence-electron chi connectivity index (χ3n) is 3.54. The molecule has 0 bridgehead atoms. The number of nitrogens with one attached hydrogen (secondary N) is 1. The number of nitrogens with zero attached hydrogens (tertiary/aromatic N) is 3. The summed E-state index contributed by atoms with van der Waals surface area (Å²) in [6, 6.07) is 6.78. The molecule has 0 aliphatic rings. The summed E-state index contributed by atoms with van der Waals surface area (Å²) in [5.74, 6) is -2.60. The molecule has 0 fully saturated rings. The zero-order valence-corrected chi connectivity index (χ0v) is 16.7. The monoisotopic (exact) mass is 486 g/mol. The topological polar surface area (TPSA) is 175 Å². The molecule has 2 aromatic heterocycles. The molecule has 0 aliphatic carbocycles. The molecule has 1 N–H and O–H groups in total. The number of halogens is 2. The first-order valence-electron chi connectivity index (χ1n) is 8.24. The summed E-state index contributed by atoms with van der Waals surface area (Å²) in [6.07, 6.45) is 1.39. The van der Waals surface area contributed by atoms with Gasteiger partial charge < -0.3 is 9.17 Å². The van der Waals surface area contributed by atoms with Gasteiger partial charge >= 0.3 is 32.9 Å². The maximum atomic E-state index is 12.9. The zero-order valence-electron chi connectivity index (χ0n) is 15.9. The van der Waals surface area contributed by atoms with Crippen molar-refractivity contribution in [3.8, 4) is 5.88 Å². The summed E-state index contributed by atoms with van der Waals surface area (Å²) in [5.41, 5.74) is -1.73. The van der Waals surface area contributed by atoms with E-state index in [1.54, 1.807) is 19.1 Å². The molecule has 0 unspecified atom stereocenters. The largest absolute Gasteiger partial charge is 0.351 e. The molecule has 0 spiro atoms. The normalized spacial score (nSPS) is 10.3. The molecule has 0 radical (unpaired) electrons. The second kappa shape index (κ2) is 10.9. The molecule has 176 valence electrons. The van der Waals surface area contributed by atoms with Crippen molar-refractivity contribution in [2.45, 2.75) is 19.2 Å². The Balaban J connectivity index is 0.000000385. The lowest BCUT2D eigenvalue weighted by Gasteiger charge is -2.06. The number of H-pyrrole nitrogens is 1. The fourth-order valence-electron chi connectivity index (χ4n) is 2.05. The third kappa shape index (κ3) is 7.13. The Hall–Kier alpha value is -4.27. The first kappa shape index (κ1) is 26.8. The van der Waals surface area contributed by atoms with Gasteiger partial charge in [-0.05, 0) is 19.1 Å². The van der Waals surface area contributed by atoms with E-state index in [1.165, 1.54) is 12.1 Å². The lowest BCUT2D eigenvalue weighted by Crippen LogP contribution is -2.12. The van der Waals surface area contributed by atoms with Gasteiger partial charge in [-0.3, -0.25) is 25.0 Å². The van der Waals surface area contributed by atoms with E-state index in [-0.39, 0.29) is 12.3 Å². The van der Waals surface area contributed by atoms with Crippen LogP contribution in [0.2, 0.25) is 0 Å². The van der Waals surface area contributed by atoms with Crippen LogP contribution in [-0.4, -0.2) is 28.2 Å². The SMILES string of the molecule is C.Cc1ccc(S(=O)(=O)Oc2ncc(F)cc2[N+](=O)[O-])cc1.O=c1[nH]cc(F)cc1[N+](=O)[O-]. The van der Waals surface area contributed by atoms with Crippen LogP contribution in [0.5, 0.6) is 5.88 Å². The smallest absolute Gasteiger partial charge is 0.340 e. The predicted octanol–water partition coefficient (Wildman–Crippen LogP) is 3.26. The standard InChI is InChI=1S/C12H9FN2O5S.C5H3FN2O3.CH4/c1-8-2-4-10(5-3-8)21(18,19)20-12-11(15(16)17)6-9(13)7-14-12;6-3-1-4(8(10)11)5(9)7-2-3;/h2-7H,1H3;1-2H,(H,7,9);1H4. The van der Waals surface area contributed by atoms with Crippen molar-refractivity contribution in [1.29, 1.82) is 0 Å². The summed E-state index contributed by atoms with van der Waals surface area (Å²) in [7, 11) is -4.29. The summed E-state index contributed by atoms with van der Waals surface area (Å²) >= 11 is 0. The highest BCUT2D eigenvalue weighted by atomic mass is 32.2. The Morgan fingerprint density at radius 3 is 2.06 bits per heavy atom. The number of hydrogen-bond donors (Lipinski definition) is 1. The molecule has 3 aromatic rings. The maximum absolute atomic E-state index is 12.9. The molecule has 0 atom stereocenters. The summed E-state index contributed by atoms with van der Waals surface area (Å²) < 4.78 is 53.8. The Labute approximate surface area is 184 Å². The number of hydrogen-bond acceptors (Lipinski definition) is 9. The molecule has 12 nitrogen and oxygen atoms in total. The van der Waals surface area contributed by atoms with Crippen LogP contribution < -0.4 is 9.74 Å². The number of nitro groups is 2. The predicted molar refractivity (Wildman–Crippen MR) is 110 cm³/mol. The van der Waals surface area contributed by atoms with Crippen LogP contribution >= 0.6 is 0 Å². The number of pyridine rings is 2. The molecule has 2 heterocycles. The molecule has 33 heavy (non-hydrogen) atoms. The first-order chi connectivity index (χ1) is 14.9. The van der Waals surface area contributed by atoms with Crippen LogP contribution in [0.4, 0.5) is 20.2 Å². The van der Waals surface area contributed by atoms with Gasteiger partial charge in [0.1, 0.15) is 16.5 Å². The highest BCUT2D eigenvalue weighted by Crippen LogP contribution is 2.27. The van der Waals surface area contributed by atoms with Gasteiger partial charge in [-0.15, -0.1) is 0 Å². The van der Waals surface area contributed by atoms with E-state index >= 15 is 0 Å². The van der Waals surface area contributed by atoms with Crippen LogP contribution in [0.15, 0.2) is 58.5 Å². The van der Waals surface area contributed by atoms with E-state index in [1.807, 2.05) is 4.98 Å². The highest BCUT2D eigenvalue weighted by molar-refractivity contribution is 7.87.